The van der Waals surface area contributed by atoms with Gasteiger partial charge in [-0.25, -0.2) is 4.98 Å². The third-order valence-corrected chi connectivity index (χ3v) is 6.45. The second-order valence-corrected chi connectivity index (χ2v) is 7.97. The summed E-state index contributed by atoms with van der Waals surface area (Å²) in [5, 5.41) is 2.22. The highest BCUT2D eigenvalue weighted by Crippen LogP contribution is 2.43. The second kappa shape index (κ2) is 6.27. The molecule has 25 heavy (non-hydrogen) atoms. The molecule has 5 rings (SSSR count). The van der Waals surface area contributed by atoms with Crippen LogP contribution in [0.3, 0.4) is 0 Å². The maximum absolute atomic E-state index is 6.30. The molecule has 2 aromatic heterocycles. The van der Waals surface area contributed by atoms with Crippen LogP contribution in [-0.4, -0.2) is 42.8 Å². The van der Waals surface area contributed by atoms with E-state index in [0.29, 0.717) is 19.1 Å². The number of thiophene rings is 1. The van der Waals surface area contributed by atoms with Crippen molar-refractivity contribution >= 4 is 11.3 Å². The van der Waals surface area contributed by atoms with Crippen LogP contribution < -0.4 is 9.47 Å². The molecule has 0 atom stereocenters. The highest BCUT2D eigenvalue weighted by molar-refractivity contribution is 7.10. The number of nitrogens with zero attached hydrogens (tertiary/aromatic N) is 2. The van der Waals surface area contributed by atoms with Gasteiger partial charge in [0.05, 0.1) is 12.2 Å². The lowest BCUT2D eigenvalue weighted by Crippen LogP contribution is -2.45. The van der Waals surface area contributed by atoms with Crippen molar-refractivity contribution in [2.24, 2.45) is 0 Å². The molecule has 3 aliphatic heterocycles. The van der Waals surface area contributed by atoms with Crippen LogP contribution in [-0.2, 0) is 23.3 Å². The number of aromatic nitrogens is 1. The Labute approximate surface area is 151 Å². The van der Waals surface area contributed by atoms with E-state index in [0.717, 1.165) is 51.3 Å². The van der Waals surface area contributed by atoms with E-state index < -0.39 is 0 Å². The molecule has 2 aromatic rings. The topological polar surface area (TPSA) is 43.8 Å². The first kappa shape index (κ1) is 15.6. The standard InChI is InChI=1S/C19H22N2O3S/c1-7-24-19(15-2-10-25-17(1)15)3-5-21(6-4-19)13-14-11-16-18(20-12-14)23-9-8-22-16/h2,10-12H,1,3-9,13H2. The molecule has 0 aromatic carbocycles. The van der Waals surface area contributed by atoms with Gasteiger partial charge in [0.1, 0.15) is 13.2 Å². The molecule has 5 nitrogen and oxygen atoms in total. The molecule has 0 amide bonds. The molecule has 0 unspecified atom stereocenters. The molecule has 1 fully saturated rings. The van der Waals surface area contributed by atoms with Crippen LogP contribution in [0.2, 0.25) is 0 Å². The number of hydrogen-bond acceptors (Lipinski definition) is 6. The minimum atomic E-state index is -0.0465. The molecule has 0 N–H and O–H groups in total. The first-order valence-corrected chi connectivity index (χ1v) is 9.88. The Morgan fingerprint density at radius 2 is 2.04 bits per heavy atom. The van der Waals surface area contributed by atoms with Gasteiger partial charge in [-0.3, -0.25) is 4.90 Å². The van der Waals surface area contributed by atoms with Gasteiger partial charge in [0, 0.05) is 37.1 Å². The van der Waals surface area contributed by atoms with Crippen LogP contribution in [0.1, 0.15) is 28.8 Å². The van der Waals surface area contributed by atoms with E-state index in [1.165, 1.54) is 16.0 Å². The molecule has 0 bridgehead atoms. The lowest BCUT2D eigenvalue weighted by Gasteiger charge is -2.44. The third-order valence-electron chi connectivity index (χ3n) is 5.47. The fraction of sp³-hybridized carbons (Fsp3) is 0.526. The van der Waals surface area contributed by atoms with E-state index in [-0.39, 0.29) is 5.60 Å². The molecule has 5 heterocycles. The van der Waals surface area contributed by atoms with Gasteiger partial charge in [-0.15, -0.1) is 11.3 Å². The van der Waals surface area contributed by atoms with E-state index in [1.54, 1.807) is 0 Å². The Morgan fingerprint density at radius 3 is 2.96 bits per heavy atom. The average molecular weight is 358 g/mol. The van der Waals surface area contributed by atoms with Gasteiger partial charge in [-0.2, -0.15) is 0 Å². The Balaban J connectivity index is 1.27. The van der Waals surface area contributed by atoms with Crippen molar-refractivity contribution in [3.05, 3.63) is 39.7 Å². The predicted molar refractivity (Wildman–Crippen MR) is 95.4 cm³/mol. The number of likely N-dealkylation sites (tertiary alicyclic amines) is 1. The summed E-state index contributed by atoms with van der Waals surface area (Å²) in [5.41, 5.74) is 2.58. The quantitative estimate of drug-likeness (QED) is 0.826. The molecular formula is C19H22N2O3S. The van der Waals surface area contributed by atoms with Crippen molar-refractivity contribution in [2.45, 2.75) is 31.4 Å². The molecular weight excluding hydrogens is 336 g/mol. The van der Waals surface area contributed by atoms with Gasteiger partial charge in [0.2, 0.25) is 0 Å². The predicted octanol–water partition coefficient (Wildman–Crippen LogP) is 2.98. The van der Waals surface area contributed by atoms with Crippen molar-refractivity contribution in [1.29, 1.82) is 0 Å². The van der Waals surface area contributed by atoms with Crippen LogP contribution in [0.25, 0.3) is 0 Å². The van der Waals surface area contributed by atoms with Gasteiger partial charge in [0.25, 0.3) is 5.88 Å². The number of fused-ring (bicyclic) bond motifs is 3. The summed E-state index contributed by atoms with van der Waals surface area (Å²) in [4.78, 5) is 8.41. The van der Waals surface area contributed by atoms with Crippen LogP contribution in [0.5, 0.6) is 11.6 Å². The zero-order valence-corrected chi connectivity index (χ0v) is 15.0. The highest BCUT2D eigenvalue weighted by Gasteiger charge is 2.41. The summed E-state index contributed by atoms with van der Waals surface area (Å²) in [6.07, 6.45) is 5.11. The summed E-state index contributed by atoms with van der Waals surface area (Å²) < 4.78 is 17.4. The summed E-state index contributed by atoms with van der Waals surface area (Å²) >= 11 is 1.88. The summed E-state index contributed by atoms with van der Waals surface area (Å²) in [7, 11) is 0. The monoisotopic (exact) mass is 358 g/mol. The van der Waals surface area contributed by atoms with E-state index >= 15 is 0 Å². The number of hydrogen-bond donors (Lipinski definition) is 0. The van der Waals surface area contributed by atoms with Crippen molar-refractivity contribution < 1.29 is 14.2 Å². The first-order valence-electron chi connectivity index (χ1n) is 9.00. The maximum Gasteiger partial charge on any atom is 0.257 e. The maximum atomic E-state index is 6.30. The zero-order valence-electron chi connectivity index (χ0n) is 14.2. The summed E-state index contributed by atoms with van der Waals surface area (Å²) in [5.74, 6) is 1.39. The molecule has 0 aliphatic carbocycles. The van der Waals surface area contributed by atoms with Crippen LogP contribution in [0.4, 0.5) is 0 Å². The van der Waals surface area contributed by atoms with E-state index in [2.05, 4.69) is 27.4 Å². The molecule has 1 spiro atoms. The molecule has 0 saturated carbocycles. The third kappa shape index (κ3) is 2.82. The fourth-order valence-electron chi connectivity index (χ4n) is 4.16. The average Bonchev–Trinajstić information content (AvgIpc) is 3.14. The summed E-state index contributed by atoms with van der Waals surface area (Å²) in [6, 6.07) is 4.35. The Morgan fingerprint density at radius 1 is 1.16 bits per heavy atom. The second-order valence-electron chi connectivity index (χ2n) is 6.97. The first-order chi connectivity index (χ1) is 12.3. The summed E-state index contributed by atoms with van der Waals surface area (Å²) in [6.45, 7) is 5.03. The van der Waals surface area contributed by atoms with Crippen molar-refractivity contribution in [3.63, 3.8) is 0 Å². The van der Waals surface area contributed by atoms with Crippen LogP contribution >= 0.6 is 11.3 Å². The molecule has 3 aliphatic rings. The molecule has 0 radical (unpaired) electrons. The zero-order chi connectivity index (χ0) is 16.7. The smallest absolute Gasteiger partial charge is 0.257 e. The van der Waals surface area contributed by atoms with Gasteiger partial charge >= 0.3 is 0 Å². The van der Waals surface area contributed by atoms with E-state index in [4.69, 9.17) is 14.2 Å². The lowest BCUT2D eigenvalue weighted by molar-refractivity contribution is -0.0980. The fourth-order valence-corrected chi connectivity index (χ4v) is 5.11. The number of ether oxygens (including phenoxy) is 3. The number of rotatable bonds is 2. The van der Waals surface area contributed by atoms with Crippen LogP contribution in [0.15, 0.2) is 23.7 Å². The Bertz CT molecular complexity index is 768. The van der Waals surface area contributed by atoms with Crippen LogP contribution in [0, 0.1) is 0 Å². The minimum absolute atomic E-state index is 0.0465. The molecule has 132 valence electrons. The Hall–Kier alpha value is -1.63. The number of pyridine rings is 1. The van der Waals surface area contributed by atoms with E-state index in [9.17, 15) is 0 Å². The Kier molecular flexibility index (Phi) is 3.91. The van der Waals surface area contributed by atoms with Gasteiger partial charge in [-0.1, -0.05) is 0 Å². The van der Waals surface area contributed by atoms with Crippen molar-refractivity contribution in [3.8, 4) is 11.6 Å². The SMILES string of the molecule is c1cc2c(s1)CCOC21CCN(Cc2cnc3c(c2)OCCO3)CC1. The molecule has 6 heteroatoms. The number of piperidine rings is 1. The van der Waals surface area contributed by atoms with Gasteiger partial charge in [-0.05, 0) is 41.5 Å². The van der Waals surface area contributed by atoms with E-state index in [1.807, 2.05) is 17.5 Å². The van der Waals surface area contributed by atoms with Crippen molar-refractivity contribution in [2.75, 3.05) is 32.9 Å². The lowest BCUT2D eigenvalue weighted by atomic mass is 9.82. The van der Waals surface area contributed by atoms with Crippen molar-refractivity contribution in [1.82, 2.24) is 9.88 Å². The van der Waals surface area contributed by atoms with Gasteiger partial charge in [0.15, 0.2) is 5.75 Å². The normalized spacial score (nSPS) is 21.9. The van der Waals surface area contributed by atoms with Gasteiger partial charge < -0.3 is 14.2 Å². The largest absolute Gasteiger partial charge is 0.484 e. The molecule has 1 saturated heterocycles. The minimum Gasteiger partial charge on any atom is -0.484 e. The highest BCUT2D eigenvalue weighted by atomic mass is 32.1.